The summed E-state index contributed by atoms with van der Waals surface area (Å²) in [6, 6.07) is 9.62. The number of aryl methyl sites for hydroxylation is 1. The number of amides is 1. The number of hydrogen-bond donors (Lipinski definition) is 1. The fraction of sp³-hybridized carbons (Fsp3) is 0.0667. The average Bonchev–Trinajstić information content (AvgIpc) is 3.10. The Morgan fingerprint density at radius 3 is 2.77 bits per heavy atom. The maximum atomic E-state index is 12.5. The lowest BCUT2D eigenvalue weighted by Crippen LogP contribution is -2.11. The van der Waals surface area contributed by atoms with Crippen LogP contribution in [0.5, 0.6) is 0 Å². The molecule has 0 fully saturated rings. The van der Waals surface area contributed by atoms with Crippen molar-refractivity contribution < 1.29 is 4.79 Å². The highest BCUT2D eigenvalue weighted by Gasteiger charge is 2.17. The summed E-state index contributed by atoms with van der Waals surface area (Å²) in [5, 5.41) is 5.81. The van der Waals surface area contributed by atoms with E-state index < -0.39 is 0 Å². The molecule has 7 heteroatoms. The van der Waals surface area contributed by atoms with Crippen molar-refractivity contribution in [1.29, 1.82) is 0 Å². The Morgan fingerprint density at radius 2 is 2.09 bits per heavy atom. The van der Waals surface area contributed by atoms with Gasteiger partial charge in [-0.3, -0.25) is 4.79 Å². The maximum Gasteiger partial charge on any atom is 0.267 e. The minimum Gasteiger partial charge on any atom is -0.320 e. The van der Waals surface area contributed by atoms with Crippen LogP contribution >= 0.6 is 54.5 Å². The van der Waals surface area contributed by atoms with E-state index in [1.165, 1.54) is 11.3 Å². The number of carbonyl (C=O) groups is 1. The summed E-state index contributed by atoms with van der Waals surface area (Å²) in [5.74, 6) is -0.138. The van der Waals surface area contributed by atoms with Crippen molar-refractivity contribution in [1.82, 2.24) is 4.98 Å². The molecule has 0 unspecified atom stereocenters. The lowest BCUT2D eigenvalue weighted by molar-refractivity contribution is 0.102. The summed E-state index contributed by atoms with van der Waals surface area (Å²) in [4.78, 5) is 18.7. The van der Waals surface area contributed by atoms with E-state index in [9.17, 15) is 4.79 Å². The van der Waals surface area contributed by atoms with Gasteiger partial charge >= 0.3 is 0 Å². The Morgan fingerprint density at radius 1 is 1.27 bits per heavy atom. The van der Waals surface area contributed by atoms with Crippen LogP contribution in [0.15, 0.2) is 44.7 Å². The van der Waals surface area contributed by atoms with E-state index in [2.05, 4.69) is 42.2 Å². The number of carbonyl (C=O) groups excluding carboxylic acids is 1. The Bertz CT molecular complexity index is 828. The number of nitrogens with one attached hydrogen (secondary N) is 1. The van der Waals surface area contributed by atoms with Crippen molar-refractivity contribution in [2.45, 2.75) is 6.92 Å². The molecule has 112 valence electrons. The monoisotopic (exact) mass is 456 g/mol. The molecular weight excluding hydrogens is 448 g/mol. The molecule has 2 aromatic heterocycles. The molecule has 1 N–H and O–H groups in total. The van der Waals surface area contributed by atoms with E-state index in [1.807, 2.05) is 42.6 Å². The van der Waals surface area contributed by atoms with Crippen molar-refractivity contribution in [2.24, 2.45) is 0 Å². The van der Waals surface area contributed by atoms with Crippen LogP contribution < -0.4 is 5.32 Å². The number of nitrogens with zero attached hydrogens (tertiary/aromatic N) is 1. The van der Waals surface area contributed by atoms with Crippen molar-refractivity contribution in [2.75, 3.05) is 5.32 Å². The van der Waals surface area contributed by atoms with Crippen LogP contribution in [-0.2, 0) is 0 Å². The largest absolute Gasteiger partial charge is 0.320 e. The zero-order valence-electron chi connectivity index (χ0n) is 11.4. The van der Waals surface area contributed by atoms with E-state index in [0.29, 0.717) is 4.88 Å². The summed E-state index contributed by atoms with van der Waals surface area (Å²) < 4.78 is 1.78. The minimum atomic E-state index is -0.138. The quantitative estimate of drug-likeness (QED) is 0.527. The molecular formula is C15H10Br2N2OS2. The predicted molar refractivity (Wildman–Crippen MR) is 100.0 cm³/mol. The van der Waals surface area contributed by atoms with Crippen molar-refractivity contribution in [3.63, 3.8) is 0 Å². The molecule has 22 heavy (non-hydrogen) atoms. The van der Waals surface area contributed by atoms with Gasteiger partial charge in [0, 0.05) is 8.95 Å². The van der Waals surface area contributed by atoms with Gasteiger partial charge in [0.1, 0.15) is 9.88 Å². The first-order chi connectivity index (χ1) is 10.5. The first-order valence-electron chi connectivity index (χ1n) is 6.32. The van der Waals surface area contributed by atoms with Gasteiger partial charge in [0.25, 0.3) is 5.91 Å². The Labute approximate surface area is 152 Å². The number of halogens is 2. The Kier molecular flexibility index (Phi) is 4.77. The van der Waals surface area contributed by atoms with Crippen LogP contribution in [0.1, 0.15) is 15.4 Å². The van der Waals surface area contributed by atoms with Crippen LogP contribution in [0.3, 0.4) is 0 Å². The highest BCUT2D eigenvalue weighted by atomic mass is 79.9. The molecule has 0 atom stereocenters. The fourth-order valence-corrected chi connectivity index (χ4v) is 4.79. The topological polar surface area (TPSA) is 42.0 Å². The second kappa shape index (κ2) is 6.62. The molecule has 2 heterocycles. The molecule has 0 radical (unpaired) electrons. The third-order valence-corrected chi connectivity index (χ3v) is 6.26. The molecule has 0 aliphatic carbocycles. The molecule has 0 aliphatic rings. The Balaban J connectivity index is 1.86. The molecule has 0 bridgehead atoms. The summed E-state index contributed by atoms with van der Waals surface area (Å²) in [6.45, 7) is 1.86. The molecule has 1 aromatic carbocycles. The maximum absolute atomic E-state index is 12.5. The first kappa shape index (κ1) is 15.9. The Hall–Kier alpha value is -1.02. The highest BCUT2D eigenvalue weighted by Crippen LogP contribution is 2.32. The third-order valence-electron chi connectivity index (χ3n) is 2.91. The number of rotatable bonds is 3. The zero-order chi connectivity index (χ0) is 15.7. The molecule has 1 amide bonds. The number of hydrogen-bond acceptors (Lipinski definition) is 4. The summed E-state index contributed by atoms with van der Waals surface area (Å²) in [6.07, 6.45) is 0. The van der Waals surface area contributed by atoms with Crippen molar-refractivity contribution in [3.05, 3.63) is 55.2 Å². The van der Waals surface area contributed by atoms with E-state index in [0.717, 1.165) is 30.2 Å². The number of thiophene rings is 1. The SMILES string of the molecule is Cc1nc(-c2cccs2)sc1C(=O)Nc1ccc(Br)cc1Br. The fourth-order valence-electron chi connectivity index (χ4n) is 1.88. The molecule has 0 saturated heterocycles. The molecule has 3 aromatic rings. The van der Waals surface area contributed by atoms with Gasteiger partial charge in [0.05, 0.1) is 16.3 Å². The molecule has 3 rings (SSSR count). The van der Waals surface area contributed by atoms with Gasteiger partial charge < -0.3 is 5.32 Å². The summed E-state index contributed by atoms with van der Waals surface area (Å²) in [7, 11) is 0. The average molecular weight is 458 g/mol. The van der Waals surface area contributed by atoms with Crippen molar-refractivity contribution in [3.8, 4) is 9.88 Å². The summed E-state index contributed by atoms with van der Waals surface area (Å²) >= 11 is 9.88. The second-order valence-corrected chi connectivity index (χ2v) is 8.21. The van der Waals surface area contributed by atoms with Gasteiger partial charge in [0.2, 0.25) is 0 Å². The third kappa shape index (κ3) is 3.32. The van der Waals surface area contributed by atoms with Crippen molar-refractivity contribution >= 4 is 66.1 Å². The molecule has 0 aliphatic heterocycles. The van der Waals surface area contributed by atoms with Gasteiger partial charge in [-0.1, -0.05) is 22.0 Å². The first-order valence-corrected chi connectivity index (χ1v) is 9.60. The van der Waals surface area contributed by atoms with E-state index in [1.54, 1.807) is 11.3 Å². The lowest BCUT2D eigenvalue weighted by Gasteiger charge is -2.06. The van der Waals surface area contributed by atoms with E-state index in [-0.39, 0.29) is 5.91 Å². The van der Waals surface area contributed by atoms with Gasteiger partial charge in [-0.25, -0.2) is 4.98 Å². The van der Waals surface area contributed by atoms with E-state index >= 15 is 0 Å². The number of thiazole rings is 1. The molecule has 3 nitrogen and oxygen atoms in total. The number of benzene rings is 1. The van der Waals surface area contributed by atoms with Crippen LogP contribution in [-0.4, -0.2) is 10.9 Å². The summed E-state index contributed by atoms with van der Waals surface area (Å²) in [5.41, 5.74) is 1.48. The highest BCUT2D eigenvalue weighted by molar-refractivity contribution is 9.11. The lowest BCUT2D eigenvalue weighted by atomic mass is 10.3. The minimum absolute atomic E-state index is 0.138. The van der Waals surface area contributed by atoms with Gasteiger partial charge in [-0.05, 0) is 52.5 Å². The number of anilines is 1. The smallest absolute Gasteiger partial charge is 0.267 e. The molecule has 0 saturated carbocycles. The van der Waals surface area contributed by atoms with E-state index in [4.69, 9.17) is 0 Å². The standard InChI is InChI=1S/C15H10Br2N2OS2/c1-8-13(22-15(18-8)12-3-2-6-21-12)14(20)19-11-5-4-9(16)7-10(11)17/h2-7H,1H3,(H,19,20). The van der Waals surface area contributed by atoms with Gasteiger partial charge in [-0.15, -0.1) is 22.7 Å². The predicted octanol–water partition coefficient (Wildman–Crippen LogP) is 5.96. The van der Waals surface area contributed by atoms with Crippen LogP contribution in [0.2, 0.25) is 0 Å². The molecule has 0 spiro atoms. The van der Waals surface area contributed by atoms with Gasteiger partial charge in [0.15, 0.2) is 0 Å². The normalized spacial score (nSPS) is 10.7. The zero-order valence-corrected chi connectivity index (χ0v) is 16.2. The number of aromatic nitrogens is 1. The van der Waals surface area contributed by atoms with Crippen LogP contribution in [0, 0.1) is 6.92 Å². The van der Waals surface area contributed by atoms with Crippen LogP contribution in [0.25, 0.3) is 9.88 Å². The second-order valence-electron chi connectivity index (χ2n) is 4.49. The van der Waals surface area contributed by atoms with Gasteiger partial charge in [-0.2, -0.15) is 0 Å². The van der Waals surface area contributed by atoms with Crippen LogP contribution in [0.4, 0.5) is 5.69 Å².